The molecule has 0 aliphatic carbocycles. The molecule has 0 spiro atoms. The second-order valence-corrected chi connectivity index (χ2v) is 5.25. The van der Waals surface area contributed by atoms with Crippen molar-refractivity contribution in [3.8, 4) is 0 Å². The highest BCUT2D eigenvalue weighted by Gasteiger charge is 2.17. The Morgan fingerprint density at radius 1 is 1.47 bits per heavy atom. The number of hydrogen-bond donors (Lipinski definition) is 1. The van der Waals surface area contributed by atoms with Crippen molar-refractivity contribution in [1.29, 1.82) is 0 Å². The molecule has 1 atom stereocenters. The molecule has 1 heterocycles. The van der Waals surface area contributed by atoms with Gasteiger partial charge in [-0.25, -0.2) is 4.39 Å². The lowest BCUT2D eigenvalue weighted by molar-refractivity contribution is 0.175. The van der Waals surface area contributed by atoms with Crippen molar-refractivity contribution in [3.05, 3.63) is 51.5 Å². The summed E-state index contributed by atoms with van der Waals surface area (Å²) in [5.74, 6) is -0.338. The van der Waals surface area contributed by atoms with E-state index in [1.165, 1.54) is 12.1 Å². The van der Waals surface area contributed by atoms with Crippen molar-refractivity contribution in [2.45, 2.75) is 25.9 Å². The monoisotopic (exact) mass is 326 g/mol. The molecular formula is C14H16BrFN2O. The van der Waals surface area contributed by atoms with Gasteiger partial charge in [-0.2, -0.15) is 5.10 Å². The van der Waals surface area contributed by atoms with E-state index in [4.69, 9.17) is 0 Å². The summed E-state index contributed by atoms with van der Waals surface area (Å²) in [6.45, 7) is 2.03. The molecular weight excluding hydrogens is 311 g/mol. The van der Waals surface area contributed by atoms with Crippen LogP contribution in [0.3, 0.4) is 0 Å². The van der Waals surface area contributed by atoms with Gasteiger partial charge in [-0.05, 0) is 40.0 Å². The molecule has 0 fully saturated rings. The van der Waals surface area contributed by atoms with Crippen LogP contribution in [-0.2, 0) is 19.9 Å². The fraction of sp³-hybridized carbons (Fsp3) is 0.357. The van der Waals surface area contributed by atoms with Crippen molar-refractivity contribution in [2.75, 3.05) is 0 Å². The van der Waals surface area contributed by atoms with Crippen LogP contribution in [0.1, 0.15) is 30.0 Å². The molecule has 102 valence electrons. The van der Waals surface area contributed by atoms with Crippen molar-refractivity contribution in [1.82, 2.24) is 9.78 Å². The molecule has 1 unspecified atom stereocenters. The molecule has 3 nitrogen and oxygen atoms in total. The molecule has 0 bridgehead atoms. The smallest absolute Gasteiger partial charge is 0.123 e. The van der Waals surface area contributed by atoms with Gasteiger partial charge in [-0.1, -0.05) is 19.1 Å². The van der Waals surface area contributed by atoms with Crippen LogP contribution in [-0.4, -0.2) is 14.9 Å². The number of aliphatic hydroxyl groups excluding tert-OH is 1. The van der Waals surface area contributed by atoms with Crippen LogP contribution in [0.25, 0.3) is 0 Å². The first-order chi connectivity index (χ1) is 9.02. The zero-order valence-corrected chi connectivity index (χ0v) is 12.5. The number of benzene rings is 1. The van der Waals surface area contributed by atoms with Crippen LogP contribution in [0.5, 0.6) is 0 Å². The van der Waals surface area contributed by atoms with Gasteiger partial charge in [-0.3, -0.25) is 4.68 Å². The highest BCUT2D eigenvalue weighted by molar-refractivity contribution is 9.10. The number of aryl methyl sites for hydroxylation is 2. The quantitative estimate of drug-likeness (QED) is 0.937. The van der Waals surface area contributed by atoms with Crippen LogP contribution in [0.15, 0.2) is 28.7 Å². The minimum Gasteiger partial charge on any atom is -0.388 e. The molecule has 0 radical (unpaired) electrons. The molecule has 0 saturated heterocycles. The highest BCUT2D eigenvalue weighted by atomic mass is 79.9. The Morgan fingerprint density at radius 2 is 2.21 bits per heavy atom. The Balaban J connectivity index is 2.24. The first-order valence-electron chi connectivity index (χ1n) is 6.16. The molecule has 0 saturated carbocycles. The molecule has 19 heavy (non-hydrogen) atoms. The maximum Gasteiger partial charge on any atom is 0.123 e. The maximum atomic E-state index is 13.1. The van der Waals surface area contributed by atoms with Crippen LogP contribution in [0, 0.1) is 5.82 Å². The molecule has 1 aromatic carbocycles. The van der Waals surface area contributed by atoms with Gasteiger partial charge in [0.2, 0.25) is 0 Å². The number of rotatable bonds is 4. The summed E-state index contributed by atoms with van der Waals surface area (Å²) in [5.41, 5.74) is 2.45. The molecule has 0 amide bonds. The average Bonchev–Trinajstić information content (AvgIpc) is 2.66. The van der Waals surface area contributed by atoms with E-state index in [0.717, 1.165) is 22.3 Å². The summed E-state index contributed by atoms with van der Waals surface area (Å²) < 4.78 is 15.8. The highest BCUT2D eigenvalue weighted by Crippen LogP contribution is 2.26. The van der Waals surface area contributed by atoms with Gasteiger partial charge in [0.25, 0.3) is 0 Å². The van der Waals surface area contributed by atoms with Crippen LogP contribution in [0.4, 0.5) is 4.39 Å². The van der Waals surface area contributed by atoms with Crippen molar-refractivity contribution < 1.29 is 9.50 Å². The standard InChI is InChI=1S/C14H16BrFN2O/c1-3-11-14(15)12(18(2)17-11)8-13(19)9-5-4-6-10(16)7-9/h4-7,13,19H,3,8H2,1-2H3. The first kappa shape index (κ1) is 14.2. The van der Waals surface area contributed by atoms with Crippen molar-refractivity contribution >= 4 is 15.9 Å². The van der Waals surface area contributed by atoms with Gasteiger partial charge in [0.15, 0.2) is 0 Å². The third-order valence-electron chi connectivity index (χ3n) is 3.12. The van der Waals surface area contributed by atoms with Crippen molar-refractivity contribution in [2.24, 2.45) is 7.05 Å². The van der Waals surface area contributed by atoms with E-state index in [9.17, 15) is 9.50 Å². The zero-order valence-electron chi connectivity index (χ0n) is 10.9. The molecule has 5 heteroatoms. The summed E-state index contributed by atoms with van der Waals surface area (Å²) in [4.78, 5) is 0. The Bertz CT molecular complexity index is 583. The predicted octanol–water partition coefficient (Wildman–Crippen LogP) is 3.16. The molecule has 1 N–H and O–H groups in total. The van der Waals surface area contributed by atoms with E-state index in [-0.39, 0.29) is 5.82 Å². The fourth-order valence-electron chi connectivity index (χ4n) is 2.06. The van der Waals surface area contributed by atoms with E-state index in [2.05, 4.69) is 21.0 Å². The Morgan fingerprint density at radius 3 is 2.79 bits per heavy atom. The van der Waals surface area contributed by atoms with Crippen LogP contribution >= 0.6 is 15.9 Å². The number of nitrogens with zero attached hydrogens (tertiary/aromatic N) is 2. The van der Waals surface area contributed by atoms with Gasteiger partial charge < -0.3 is 5.11 Å². The normalized spacial score (nSPS) is 12.7. The summed E-state index contributed by atoms with van der Waals surface area (Å²) in [7, 11) is 1.84. The van der Waals surface area contributed by atoms with E-state index >= 15 is 0 Å². The zero-order chi connectivity index (χ0) is 14.0. The summed E-state index contributed by atoms with van der Waals surface area (Å²) >= 11 is 3.51. The van der Waals surface area contributed by atoms with Gasteiger partial charge in [0, 0.05) is 13.5 Å². The van der Waals surface area contributed by atoms with Crippen LogP contribution < -0.4 is 0 Å². The SMILES string of the molecule is CCc1nn(C)c(CC(O)c2cccc(F)c2)c1Br. The van der Waals surface area contributed by atoms with Crippen molar-refractivity contribution in [3.63, 3.8) is 0 Å². The average molecular weight is 327 g/mol. The van der Waals surface area contributed by atoms with E-state index in [0.29, 0.717) is 12.0 Å². The van der Waals surface area contributed by atoms with Gasteiger partial charge in [0.05, 0.1) is 22.0 Å². The lowest BCUT2D eigenvalue weighted by Crippen LogP contribution is -2.07. The molecule has 2 rings (SSSR count). The van der Waals surface area contributed by atoms with E-state index in [1.54, 1.807) is 16.8 Å². The predicted molar refractivity (Wildman–Crippen MR) is 75.3 cm³/mol. The summed E-state index contributed by atoms with van der Waals surface area (Å²) in [5, 5.41) is 14.6. The van der Waals surface area contributed by atoms with Gasteiger partial charge >= 0.3 is 0 Å². The number of aliphatic hydroxyl groups is 1. The minimum atomic E-state index is -0.743. The second kappa shape index (κ2) is 5.84. The number of halogens is 2. The molecule has 1 aromatic heterocycles. The van der Waals surface area contributed by atoms with Crippen LogP contribution in [0.2, 0.25) is 0 Å². The Hall–Kier alpha value is -1.20. The first-order valence-corrected chi connectivity index (χ1v) is 6.96. The summed E-state index contributed by atoms with van der Waals surface area (Å²) in [6.07, 6.45) is 0.477. The van der Waals surface area contributed by atoms with E-state index in [1.807, 2.05) is 14.0 Å². The molecule has 0 aliphatic heterocycles. The lowest BCUT2D eigenvalue weighted by atomic mass is 10.0. The van der Waals surface area contributed by atoms with Gasteiger partial charge in [0.1, 0.15) is 5.82 Å². The second-order valence-electron chi connectivity index (χ2n) is 4.46. The Labute approximate surface area is 120 Å². The fourth-order valence-corrected chi connectivity index (χ4v) is 2.83. The number of hydrogen-bond acceptors (Lipinski definition) is 2. The maximum absolute atomic E-state index is 13.1. The Kier molecular flexibility index (Phi) is 4.37. The topological polar surface area (TPSA) is 38.0 Å². The number of aromatic nitrogens is 2. The lowest BCUT2D eigenvalue weighted by Gasteiger charge is -2.11. The third kappa shape index (κ3) is 3.04. The van der Waals surface area contributed by atoms with E-state index < -0.39 is 6.10 Å². The minimum absolute atomic E-state index is 0.338. The molecule has 0 aliphatic rings. The largest absolute Gasteiger partial charge is 0.388 e. The summed E-state index contributed by atoms with van der Waals surface area (Å²) in [6, 6.07) is 6.05. The van der Waals surface area contributed by atoms with Gasteiger partial charge in [-0.15, -0.1) is 0 Å². The molecule has 2 aromatic rings. The third-order valence-corrected chi connectivity index (χ3v) is 4.04.